The fourth-order valence-electron chi connectivity index (χ4n) is 4.27. The number of anilines is 2. The molecule has 0 spiro atoms. The maximum absolute atomic E-state index is 14.8. The molecule has 2 aliphatic rings. The summed E-state index contributed by atoms with van der Waals surface area (Å²) >= 11 is 0. The number of benzene rings is 1. The molecule has 37 heavy (non-hydrogen) atoms. The van der Waals surface area contributed by atoms with Crippen LogP contribution in [-0.4, -0.2) is 71.4 Å². The molecule has 3 aromatic rings. The maximum Gasteiger partial charge on any atom is 0.316 e. The second-order valence-electron chi connectivity index (χ2n) is 8.81. The van der Waals surface area contributed by atoms with Crippen LogP contribution in [-0.2, 0) is 4.74 Å². The Morgan fingerprint density at radius 2 is 1.84 bits per heavy atom. The minimum atomic E-state index is -1.33. The summed E-state index contributed by atoms with van der Waals surface area (Å²) < 4.78 is 31.2. The lowest BCUT2D eigenvalue weighted by Crippen LogP contribution is -2.47. The van der Waals surface area contributed by atoms with E-state index in [1.165, 1.54) is 18.7 Å². The van der Waals surface area contributed by atoms with E-state index in [1.807, 2.05) is 0 Å². The molecule has 2 aliphatic heterocycles. The standard InChI is InChI=1S/C25H27FN6O5/c26-18-14-32(11-6-21(18)37-24-27-9-3-10-28-24)25-31-20(15-36-25)23(34)30-19-5-2-1-4-17(19)22(33)29-16-7-12-35-13-8-16/h1-5,9-10,15-16,18,21H,6-8,11-14H2,(H,29,33)(H,30,34)/t18-,21+/m0/s1. The highest BCUT2D eigenvalue weighted by atomic mass is 19.1. The van der Waals surface area contributed by atoms with Crippen LogP contribution >= 0.6 is 0 Å². The molecule has 0 unspecified atom stereocenters. The molecule has 2 N–H and O–H groups in total. The number of alkyl halides is 1. The number of nitrogens with one attached hydrogen (secondary N) is 2. The van der Waals surface area contributed by atoms with Crippen LogP contribution in [0.15, 0.2) is 53.4 Å². The zero-order valence-electron chi connectivity index (χ0n) is 20.0. The average Bonchev–Trinajstić information content (AvgIpc) is 3.42. The van der Waals surface area contributed by atoms with E-state index in [4.69, 9.17) is 13.9 Å². The van der Waals surface area contributed by atoms with Crippen molar-refractivity contribution in [3.8, 4) is 6.01 Å². The topological polar surface area (TPSA) is 132 Å². The van der Waals surface area contributed by atoms with Gasteiger partial charge in [-0.3, -0.25) is 9.59 Å². The Labute approximate surface area is 212 Å². The Balaban J connectivity index is 1.19. The van der Waals surface area contributed by atoms with Crippen molar-refractivity contribution in [1.29, 1.82) is 0 Å². The van der Waals surface area contributed by atoms with Crippen LogP contribution < -0.4 is 20.3 Å². The van der Waals surface area contributed by atoms with Crippen LogP contribution in [0.2, 0.25) is 0 Å². The van der Waals surface area contributed by atoms with Crippen LogP contribution in [0.4, 0.5) is 16.1 Å². The van der Waals surface area contributed by atoms with Gasteiger partial charge in [0.05, 0.1) is 17.8 Å². The predicted octanol–water partition coefficient (Wildman–Crippen LogP) is 2.62. The summed E-state index contributed by atoms with van der Waals surface area (Å²) in [5.74, 6) is -0.818. The normalized spacial score (nSPS) is 20.3. The third kappa shape index (κ3) is 6.02. The largest absolute Gasteiger partial charge is 0.457 e. The molecule has 2 fully saturated rings. The molecule has 0 aliphatic carbocycles. The van der Waals surface area contributed by atoms with Gasteiger partial charge in [-0.15, -0.1) is 0 Å². The third-order valence-corrected chi connectivity index (χ3v) is 6.25. The summed E-state index contributed by atoms with van der Waals surface area (Å²) in [5.41, 5.74) is 0.712. The minimum Gasteiger partial charge on any atom is -0.457 e. The van der Waals surface area contributed by atoms with Crippen molar-refractivity contribution in [2.24, 2.45) is 0 Å². The molecule has 11 nitrogen and oxygen atoms in total. The molecular formula is C25H27FN6O5. The number of aromatic nitrogens is 3. The van der Waals surface area contributed by atoms with Crippen LogP contribution in [0.3, 0.4) is 0 Å². The molecule has 0 radical (unpaired) electrons. The fourth-order valence-corrected chi connectivity index (χ4v) is 4.27. The molecule has 2 aromatic heterocycles. The van der Waals surface area contributed by atoms with Gasteiger partial charge in [-0.25, -0.2) is 14.4 Å². The van der Waals surface area contributed by atoms with E-state index < -0.39 is 18.2 Å². The molecule has 2 saturated heterocycles. The summed E-state index contributed by atoms with van der Waals surface area (Å²) in [6, 6.07) is 8.68. The maximum atomic E-state index is 14.8. The molecule has 5 rings (SSSR count). The number of hydrogen-bond donors (Lipinski definition) is 2. The number of oxazole rings is 1. The Kier molecular flexibility index (Phi) is 7.54. The van der Waals surface area contributed by atoms with E-state index in [-0.39, 0.29) is 36.2 Å². The molecule has 4 heterocycles. The predicted molar refractivity (Wildman–Crippen MR) is 130 cm³/mol. The second kappa shape index (κ2) is 11.3. The average molecular weight is 511 g/mol. The number of hydrogen-bond acceptors (Lipinski definition) is 9. The van der Waals surface area contributed by atoms with Gasteiger partial charge in [0.15, 0.2) is 11.9 Å². The second-order valence-corrected chi connectivity index (χ2v) is 8.81. The van der Waals surface area contributed by atoms with E-state index in [0.717, 1.165) is 12.8 Å². The Bertz CT molecular complexity index is 1220. The number of amides is 2. The number of carbonyl (C=O) groups is 2. The van der Waals surface area contributed by atoms with Crippen LogP contribution in [0.25, 0.3) is 0 Å². The first-order valence-electron chi connectivity index (χ1n) is 12.1. The summed E-state index contributed by atoms with van der Waals surface area (Å²) in [7, 11) is 0. The van der Waals surface area contributed by atoms with E-state index in [2.05, 4.69) is 25.6 Å². The van der Waals surface area contributed by atoms with Gasteiger partial charge in [-0.1, -0.05) is 12.1 Å². The summed E-state index contributed by atoms with van der Waals surface area (Å²) in [4.78, 5) is 39.5. The third-order valence-electron chi connectivity index (χ3n) is 6.25. The van der Waals surface area contributed by atoms with Gasteiger partial charge in [0.25, 0.3) is 17.8 Å². The molecular weight excluding hydrogens is 483 g/mol. The monoisotopic (exact) mass is 510 g/mol. The van der Waals surface area contributed by atoms with Crippen molar-refractivity contribution < 1.29 is 27.9 Å². The zero-order chi connectivity index (χ0) is 25.6. The summed E-state index contributed by atoms with van der Waals surface area (Å²) in [5, 5.41) is 5.72. The number of para-hydroxylation sites is 1. The number of ether oxygens (including phenoxy) is 2. The van der Waals surface area contributed by atoms with Gasteiger partial charge in [0.2, 0.25) is 0 Å². The Morgan fingerprint density at radius 3 is 2.62 bits per heavy atom. The molecule has 0 saturated carbocycles. The Morgan fingerprint density at radius 1 is 1.05 bits per heavy atom. The van der Waals surface area contributed by atoms with Gasteiger partial charge < -0.3 is 29.4 Å². The zero-order valence-corrected chi connectivity index (χ0v) is 20.0. The van der Waals surface area contributed by atoms with Gasteiger partial charge in [0, 0.05) is 44.6 Å². The van der Waals surface area contributed by atoms with Gasteiger partial charge >= 0.3 is 6.01 Å². The van der Waals surface area contributed by atoms with Gasteiger partial charge in [-0.05, 0) is 31.0 Å². The smallest absolute Gasteiger partial charge is 0.316 e. The first-order chi connectivity index (χ1) is 18.1. The number of piperidine rings is 1. The Hall–Kier alpha value is -4.06. The van der Waals surface area contributed by atoms with Crippen molar-refractivity contribution in [1.82, 2.24) is 20.3 Å². The highest BCUT2D eigenvalue weighted by Crippen LogP contribution is 2.24. The van der Waals surface area contributed by atoms with Crippen molar-refractivity contribution in [2.75, 3.05) is 36.5 Å². The summed E-state index contributed by atoms with van der Waals surface area (Å²) in [6.07, 6.45) is 4.09. The quantitative estimate of drug-likeness (QED) is 0.492. The molecule has 2 atom stereocenters. The number of halogens is 1. The lowest BCUT2D eigenvalue weighted by atomic mass is 10.1. The lowest BCUT2D eigenvalue weighted by Gasteiger charge is -2.33. The van der Waals surface area contributed by atoms with Crippen LogP contribution in [0.1, 0.15) is 40.1 Å². The highest BCUT2D eigenvalue weighted by Gasteiger charge is 2.33. The molecule has 1 aromatic carbocycles. The van der Waals surface area contributed by atoms with Crippen molar-refractivity contribution in [2.45, 2.75) is 37.6 Å². The highest BCUT2D eigenvalue weighted by molar-refractivity contribution is 6.08. The first-order valence-corrected chi connectivity index (χ1v) is 12.1. The SMILES string of the molecule is O=C(Nc1ccccc1C(=O)NC1CCOCC1)c1coc(N2CC[C@@H](Oc3ncccn3)[C@@H](F)C2)n1. The lowest BCUT2D eigenvalue weighted by molar-refractivity contribution is 0.0697. The molecule has 194 valence electrons. The van der Waals surface area contributed by atoms with Crippen LogP contribution in [0.5, 0.6) is 6.01 Å². The van der Waals surface area contributed by atoms with Crippen molar-refractivity contribution >= 4 is 23.5 Å². The molecule has 2 amide bonds. The van der Waals surface area contributed by atoms with Crippen LogP contribution in [0, 0.1) is 0 Å². The van der Waals surface area contributed by atoms with E-state index in [1.54, 1.807) is 35.2 Å². The molecule has 0 bridgehead atoms. The number of nitrogens with zero attached hydrogens (tertiary/aromatic N) is 4. The minimum absolute atomic E-state index is 0.0149. The van der Waals surface area contributed by atoms with Crippen molar-refractivity contribution in [3.63, 3.8) is 0 Å². The fraction of sp³-hybridized carbons (Fsp3) is 0.400. The van der Waals surface area contributed by atoms with Gasteiger partial charge in [0.1, 0.15) is 12.4 Å². The van der Waals surface area contributed by atoms with E-state index in [0.29, 0.717) is 37.4 Å². The van der Waals surface area contributed by atoms with E-state index in [9.17, 15) is 14.0 Å². The van der Waals surface area contributed by atoms with E-state index >= 15 is 0 Å². The number of rotatable bonds is 7. The first kappa shape index (κ1) is 24.6. The van der Waals surface area contributed by atoms with Crippen molar-refractivity contribution in [3.05, 3.63) is 60.2 Å². The number of carbonyl (C=O) groups excluding carboxylic acids is 2. The van der Waals surface area contributed by atoms with Gasteiger partial charge in [-0.2, -0.15) is 4.98 Å². The molecule has 12 heteroatoms. The summed E-state index contributed by atoms with van der Waals surface area (Å²) in [6.45, 7) is 1.60.